The second-order valence-corrected chi connectivity index (χ2v) is 3.21. The highest BCUT2D eigenvalue weighted by Crippen LogP contribution is 2.29. The van der Waals surface area contributed by atoms with Crippen molar-refractivity contribution >= 4 is 0 Å². The summed E-state index contributed by atoms with van der Waals surface area (Å²) in [5.74, 6) is 0.671. The van der Waals surface area contributed by atoms with Crippen molar-refractivity contribution in [1.82, 2.24) is 4.98 Å². The monoisotopic (exact) mass is 210 g/mol. The van der Waals surface area contributed by atoms with Gasteiger partial charge in [0.05, 0.1) is 18.7 Å². The minimum atomic E-state index is 0.597. The van der Waals surface area contributed by atoms with Crippen LogP contribution in [0.5, 0.6) is 5.75 Å². The van der Waals surface area contributed by atoms with Gasteiger partial charge in [-0.25, -0.2) is 0 Å². The molecule has 2 rings (SSSR count). The fourth-order valence-corrected chi connectivity index (χ4v) is 1.54. The molecule has 3 nitrogen and oxygen atoms in total. The lowest BCUT2D eigenvalue weighted by Crippen LogP contribution is -1.92. The maximum atomic E-state index is 9.02. The Hall–Kier alpha value is -2.34. The van der Waals surface area contributed by atoms with Crippen LogP contribution < -0.4 is 4.74 Å². The molecule has 1 aromatic heterocycles. The quantitative estimate of drug-likeness (QED) is 0.765. The summed E-state index contributed by atoms with van der Waals surface area (Å²) >= 11 is 0. The van der Waals surface area contributed by atoms with Gasteiger partial charge in [0.25, 0.3) is 0 Å². The number of methoxy groups -OCH3 is 1. The van der Waals surface area contributed by atoms with Gasteiger partial charge in [-0.3, -0.25) is 4.98 Å². The molecule has 0 aliphatic carbocycles. The Morgan fingerprint density at radius 1 is 1.19 bits per heavy atom. The average molecular weight is 210 g/mol. The Labute approximate surface area is 93.9 Å². The maximum Gasteiger partial charge on any atom is 0.145 e. The van der Waals surface area contributed by atoms with Crippen LogP contribution in [0.4, 0.5) is 0 Å². The summed E-state index contributed by atoms with van der Waals surface area (Å²) in [6.07, 6.45) is 1.69. The van der Waals surface area contributed by atoms with Crippen molar-refractivity contribution in [3.63, 3.8) is 0 Å². The number of aromatic nitrogens is 1. The third kappa shape index (κ3) is 1.73. The number of hydrogen-bond donors (Lipinski definition) is 0. The zero-order chi connectivity index (χ0) is 11.4. The van der Waals surface area contributed by atoms with E-state index in [9.17, 15) is 0 Å². The predicted octanol–water partition coefficient (Wildman–Crippen LogP) is 2.63. The minimum absolute atomic E-state index is 0.597. The molecule has 0 spiro atoms. The van der Waals surface area contributed by atoms with Crippen molar-refractivity contribution in [1.29, 1.82) is 5.26 Å². The molecule has 0 amide bonds. The van der Waals surface area contributed by atoms with Crippen LogP contribution in [0, 0.1) is 11.3 Å². The number of nitriles is 1. The van der Waals surface area contributed by atoms with Gasteiger partial charge in [0, 0.05) is 11.8 Å². The van der Waals surface area contributed by atoms with Crippen molar-refractivity contribution in [2.24, 2.45) is 0 Å². The molecule has 0 unspecified atom stereocenters. The number of rotatable bonds is 2. The van der Waals surface area contributed by atoms with Crippen LogP contribution in [-0.4, -0.2) is 12.1 Å². The lowest BCUT2D eigenvalue weighted by atomic mass is 10.0. The maximum absolute atomic E-state index is 9.02. The van der Waals surface area contributed by atoms with Crippen LogP contribution in [0.3, 0.4) is 0 Å². The number of ether oxygens (including phenoxy) is 1. The molecule has 0 aliphatic rings. The molecule has 0 bridgehead atoms. The van der Waals surface area contributed by atoms with Crippen molar-refractivity contribution in [3.8, 4) is 23.1 Å². The first-order valence-electron chi connectivity index (χ1n) is 4.85. The highest BCUT2D eigenvalue weighted by molar-refractivity contribution is 5.72. The van der Waals surface area contributed by atoms with E-state index in [0.29, 0.717) is 17.0 Å². The van der Waals surface area contributed by atoms with Crippen molar-refractivity contribution < 1.29 is 4.74 Å². The number of benzene rings is 1. The Morgan fingerprint density at radius 2 is 2.00 bits per heavy atom. The Kier molecular flexibility index (Phi) is 2.84. The first-order valence-corrected chi connectivity index (χ1v) is 4.85. The molecule has 16 heavy (non-hydrogen) atoms. The predicted molar refractivity (Wildman–Crippen MR) is 60.9 cm³/mol. The van der Waals surface area contributed by atoms with E-state index in [-0.39, 0.29) is 0 Å². The van der Waals surface area contributed by atoms with E-state index in [0.717, 1.165) is 5.56 Å². The second-order valence-electron chi connectivity index (χ2n) is 3.21. The minimum Gasteiger partial charge on any atom is -0.494 e. The molecule has 0 saturated carbocycles. The molecule has 0 saturated heterocycles. The molecular weight excluding hydrogens is 200 g/mol. The van der Waals surface area contributed by atoms with Crippen LogP contribution in [0.15, 0.2) is 42.6 Å². The van der Waals surface area contributed by atoms with E-state index in [1.165, 1.54) is 0 Å². The van der Waals surface area contributed by atoms with Crippen LogP contribution >= 0.6 is 0 Å². The Bertz CT molecular complexity index is 544. The number of nitrogens with zero attached hydrogens (tertiary/aromatic N) is 2. The smallest absolute Gasteiger partial charge is 0.145 e. The normalized spacial score (nSPS) is 9.50. The fourth-order valence-electron chi connectivity index (χ4n) is 1.54. The van der Waals surface area contributed by atoms with Crippen LogP contribution in [0.2, 0.25) is 0 Å². The topological polar surface area (TPSA) is 45.9 Å². The molecule has 0 N–H and O–H groups in total. The van der Waals surface area contributed by atoms with E-state index in [2.05, 4.69) is 11.1 Å². The first kappa shape index (κ1) is 10.2. The average Bonchev–Trinajstić information content (AvgIpc) is 2.38. The summed E-state index contributed by atoms with van der Waals surface area (Å²) in [7, 11) is 1.59. The van der Waals surface area contributed by atoms with E-state index in [1.54, 1.807) is 25.4 Å². The van der Waals surface area contributed by atoms with Crippen LogP contribution in [-0.2, 0) is 0 Å². The second kappa shape index (κ2) is 4.45. The van der Waals surface area contributed by atoms with Crippen molar-refractivity contribution in [2.45, 2.75) is 0 Å². The van der Waals surface area contributed by atoms with Gasteiger partial charge in [0.2, 0.25) is 0 Å². The molecule has 1 heterocycles. The molecule has 1 aromatic carbocycles. The molecular formula is C13H10N2O. The SMILES string of the molecule is COc1cccnc1-c1ccccc1C#N. The van der Waals surface area contributed by atoms with Gasteiger partial charge in [-0.2, -0.15) is 5.26 Å². The third-order valence-electron chi connectivity index (χ3n) is 2.29. The fraction of sp³-hybridized carbons (Fsp3) is 0.0769. The summed E-state index contributed by atoms with van der Waals surface area (Å²) in [6.45, 7) is 0. The van der Waals surface area contributed by atoms with E-state index >= 15 is 0 Å². The number of pyridine rings is 1. The molecule has 0 fully saturated rings. The molecule has 0 aliphatic heterocycles. The molecule has 0 atom stereocenters. The first-order chi connectivity index (χ1) is 7.86. The molecule has 78 valence electrons. The third-order valence-corrected chi connectivity index (χ3v) is 2.29. The van der Waals surface area contributed by atoms with Gasteiger partial charge in [-0.15, -0.1) is 0 Å². The van der Waals surface area contributed by atoms with E-state index in [1.807, 2.05) is 24.3 Å². The van der Waals surface area contributed by atoms with Gasteiger partial charge in [-0.05, 0) is 18.2 Å². The zero-order valence-electron chi connectivity index (χ0n) is 8.84. The standard InChI is InChI=1S/C13H10N2O/c1-16-12-7-4-8-15-13(12)11-6-3-2-5-10(11)9-14/h2-8H,1H3. The summed E-state index contributed by atoms with van der Waals surface area (Å²) in [5.41, 5.74) is 2.09. The highest BCUT2D eigenvalue weighted by atomic mass is 16.5. The molecule has 0 radical (unpaired) electrons. The summed E-state index contributed by atoms with van der Waals surface area (Å²) in [4.78, 5) is 4.25. The Balaban J connectivity index is 2.64. The highest BCUT2D eigenvalue weighted by Gasteiger charge is 2.09. The lowest BCUT2D eigenvalue weighted by molar-refractivity contribution is 0.415. The van der Waals surface area contributed by atoms with Crippen molar-refractivity contribution in [2.75, 3.05) is 7.11 Å². The number of hydrogen-bond acceptors (Lipinski definition) is 3. The Morgan fingerprint density at radius 3 is 2.75 bits per heavy atom. The summed E-state index contributed by atoms with van der Waals surface area (Å²) < 4.78 is 5.23. The van der Waals surface area contributed by atoms with Gasteiger partial charge >= 0.3 is 0 Å². The molecule has 3 heteroatoms. The molecule has 2 aromatic rings. The summed E-state index contributed by atoms with van der Waals surface area (Å²) in [5, 5.41) is 9.02. The van der Waals surface area contributed by atoms with Crippen molar-refractivity contribution in [3.05, 3.63) is 48.2 Å². The van der Waals surface area contributed by atoms with E-state index < -0.39 is 0 Å². The van der Waals surface area contributed by atoms with Gasteiger partial charge < -0.3 is 4.74 Å². The van der Waals surface area contributed by atoms with E-state index in [4.69, 9.17) is 10.00 Å². The zero-order valence-corrected chi connectivity index (χ0v) is 8.84. The lowest BCUT2D eigenvalue weighted by Gasteiger charge is -2.07. The van der Waals surface area contributed by atoms with Gasteiger partial charge in [-0.1, -0.05) is 18.2 Å². The van der Waals surface area contributed by atoms with Gasteiger partial charge in [0.15, 0.2) is 0 Å². The van der Waals surface area contributed by atoms with Crippen LogP contribution in [0.25, 0.3) is 11.3 Å². The largest absolute Gasteiger partial charge is 0.494 e. The van der Waals surface area contributed by atoms with Gasteiger partial charge in [0.1, 0.15) is 11.4 Å². The summed E-state index contributed by atoms with van der Waals surface area (Å²) in [6, 6.07) is 13.1. The van der Waals surface area contributed by atoms with Crippen LogP contribution in [0.1, 0.15) is 5.56 Å².